The van der Waals surface area contributed by atoms with Crippen LogP contribution < -0.4 is 0 Å². The van der Waals surface area contributed by atoms with Crippen molar-refractivity contribution in [2.75, 3.05) is 6.61 Å². The van der Waals surface area contributed by atoms with E-state index in [1.807, 2.05) is 30.3 Å². The number of carbonyl (C=O) groups is 3. The van der Waals surface area contributed by atoms with E-state index in [-0.39, 0.29) is 6.61 Å². The largest absolute Gasteiger partial charge is 0.463 e. The van der Waals surface area contributed by atoms with Gasteiger partial charge in [-0.25, -0.2) is 0 Å². The fraction of sp³-hybridized carbons (Fsp3) is 0.593. The monoisotopic (exact) mass is 554 g/mol. The van der Waals surface area contributed by atoms with Gasteiger partial charge in [-0.15, -0.1) is 0 Å². The number of Topliss-reactive ketones (excluding diaryl/α,β-unsaturated/α-hetero) is 1. The molecule has 214 valence electrons. The molecule has 0 unspecified atom stereocenters. The van der Waals surface area contributed by atoms with Crippen molar-refractivity contribution in [2.45, 2.75) is 95.3 Å². The second-order valence-electron chi connectivity index (χ2n) is 10.0. The molecule has 3 heterocycles. The van der Waals surface area contributed by atoms with E-state index in [1.54, 1.807) is 13.8 Å². The maximum Gasteiger partial charge on any atom is 0.334 e. The predicted molar refractivity (Wildman–Crippen MR) is 128 cm³/mol. The topological polar surface area (TPSA) is 116 Å². The van der Waals surface area contributed by atoms with Crippen LogP contribution in [0, 0.1) is 0 Å². The third-order valence-corrected chi connectivity index (χ3v) is 6.40. The highest BCUT2D eigenvalue weighted by Crippen LogP contribution is 2.41. The Labute approximate surface area is 224 Å². The molecule has 0 radical (unpaired) electrons. The minimum atomic E-state index is -3.99. The van der Waals surface area contributed by atoms with E-state index in [2.05, 4.69) is 0 Å². The van der Waals surface area contributed by atoms with Crippen LogP contribution in [0.5, 0.6) is 0 Å². The zero-order valence-electron chi connectivity index (χ0n) is 22.0. The molecule has 10 nitrogen and oxygen atoms in total. The molecule has 1 aromatic rings. The lowest BCUT2D eigenvalue weighted by atomic mass is 9.96. The SMILES string of the molecule is CC(=O)OC[C@H]1O[C@H](C(F)(F)C(=O)C[C@H]2O[C@@H]3OC(C)(C)O[C@@H]3[C@H]2OCc2ccccc2)C=C[C@@H]1OC(C)=O. The molecule has 12 heteroatoms. The van der Waals surface area contributed by atoms with Crippen LogP contribution in [0.4, 0.5) is 8.78 Å². The van der Waals surface area contributed by atoms with Crippen LogP contribution in [0.1, 0.15) is 39.7 Å². The number of fused-ring (bicyclic) bond motifs is 1. The first-order chi connectivity index (χ1) is 18.4. The van der Waals surface area contributed by atoms with Crippen LogP contribution >= 0.6 is 0 Å². The van der Waals surface area contributed by atoms with Gasteiger partial charge in [-0.2, -0.15) is 8.78 Å². The molecule has 0 aromatic heterocycles. The first kappa shape index (κ1) is 29.2. The molecule has 1 aromatic carbocycles. The van der Waals surface area contributed by atoms with E-state index < -0.39 is 85.4 Å². The number of alkyl halides is 2. The van der Waals surface area contributed by atoms with Gasteiger partial charge in [-0.3, -0.25) is 14.4 Å². The molecule has 39 heavy (non-hydrogen) atoms. The molecular weight excluding hydrogens is 522 g/mol. The second kappa shape index (κ2) is 11.8. The van der Waals surface area contributed by atoms with Crippen molar-refractivity contribution in [2.24, 2.45) is 0 Å². The highest BCUT2D eigenvalue weighted by atomic mass is 19.3. The second-order valence-corrected chi connectivity index (χ2v) is 10.0. The summed E-state index contributed by atoms with van der Waals surface area (Å²) < 4.78 is 69.6. The number of esters is 2. The molecule has 0 bridgehead atoms. The first-order valence-electron chi connectivity index (χ1n) is 12.6. The third-order valence-electron chi connectivity index (χ3n) is 6.40. The van der Waals surface area contributed by atoms with E-state index in [4.69, 9.17) is 33.2 Å². The van der Waals surface area contributed by atoms with Gasteiger partial charge < -0.3 is 33.2 Å². The quantitative estimate of drug-likeness (QED) is 0.316. The van der Waals surface area contributed by atoms with Crippen molar-refractivity contribution in [3.05, 3.63) is 48.0 Å². The van der Waals surface area contributed by atoms with Crippen molar-refractivity contribution >= 4 is 17.7 Å². The summed E-state index contributed by atoms with van der Waals surface area (Å²) in [5.41, 5.74) is 0.844. The molecule has 0 aliphatic carbocycles. The Bertz CT molecular complexity index is 1080. The number of halogens is 2. The number of ether oxygens (including phenoxy) is 7. The summed E-state index contributed by atoms with van der Waals surface area (Å²) in [7, 11) is 0. The predicted octanol–water partition coefficient (Wildman–Crippen LogP) is 2.86. The molecule has 3 aliphatic rings. The van der Waals surface area contributed by atoms with E-state index in [9.17, 15) is 14.4 Å². The molecule has 3 aliphatic heterocycles. The lowest BCUT2D eigenvalue weighted by molar-refractivity contribution is -0.222. The molecule has 7 atom stereocenters. The Morgan fingerprint density at radius 1 is 0.974 bits per heavy atom. The summed E-state index contributed by atoms with van der Waals surface area (Å²) in [6, 6.07) is 9.22. The van der Waals surface area contributed by atoms with Gasteiger partial charge in [0.05, 0.1) is 12.7 Å². The number of ketones is 1. The number of carbonyl (C=O) groups excluding carboxylic acids is 3. The lowest BCUT2D eigenvalue weighted by Crippen LogP contribution is -2.51. The summed E-state index contributed by atoms with van der Waals surface area (Å²) in [5, 5.41) is 0. The molecule has 2 fully saturated rings. The number of hydrogen-bond donors (Lipinski definition) is 0. The number of benzene rings is 1. The first-order valence-corrected chi connectivity index (χ1v) is 12.6. The van der Waals surface area contributed by atoms with Gasteiger partial charge in [0, 0.05) is 20.3 Å². The average molecular weight is 555 g/mol. The van der Waals surface area contributed by atoms with Gasteiger partial charge in [0.25, 0.3) is 0 Å². The normalized spacial score (nSPS) is 31.5. The van der Waals surface area contributed by atoms with Gasteiger partial charge >= 0.3 is 17.9 Å². The highest BCUT2D eigenvalue weighted by molar-refractivity contribution is 5.87. The zero-order valence-corrected chi connectivity index (χ0v) is 22.0. The third kappa shape index (κ3) is 7.06. The van der Waals surface area contributed by atoms with Crippen molar-refractivity contribution in [3.63, 3.8) is 0 Å². The molecule has 0 spiro atoms. The van der Waals surface area contributed by atoms with Gasteiger partial charge in [0.2, 0.25) is 5.78 Å². The molecule has 0 N–H and O–H groups in total. The van der Waals surface area contributed by atoms with Crippen LogP contribution in [-0.4, -0.2) is 79.0 Å². The molecule has 0 amide bonds. The van der Waals surface area contributed by atoms with E-state index in [1.165, 1.54) is 6.08 Å². The summed E-state index contributed by atoms with van der Waals surface area (Å²) in [6.07, 6.45) is -6.41. The summed E-state index contributed by atoms with van der Waals surface area (Å²) in [4.78, 5) is 35.6. The standard InChI is InChI=1S/C27H32F2O10/c1-15(30)33-14-20-18(35-16(2)31)10-11-22(36-20)27(28,29)21(32)12-19-23(34-13-17-8-6-5-7-9-17)24-25(37-19)39-26(3,4)38-24/h5-11,18-20,22-25H,12-14H2,1-4H3/t18-,19+,20+,22-,23-,24+,25+/m0/s1. The molecular formula is C27H32F2O10. The van der Waals surface area contributed by atoms with Crippen molar-refractivity contribution in [1.29, 1.82) is 0 Å². The fourth-order valence-electron chi connectivity index (χ4n) is 4.65. The van der Waals surface area contributed by atoms with Crippen LogP contribution in [0.2, 0.25) is 0 Å². The number of hydrogen-bond acceptors (Lipinski definition) is 10. The van der Waals surface area contributed by atoms with E-state index in [0.29, 0.717) is 0 Å². The Hall–Kier alpha value is -2.77. The fourth-order valence-corrected chi connectivity index (χ4v) is 4.65. The Morgan fingerprint density at radius 2 is 1.69 bits per heavy atom. The van der Waals surface area contributed by atoms with Gasteiger partial charge in [-0.1, -0.05) is 30.3 Å². The van der Waals surface area contributed by atoms with Crippen molar-refractivity contribution < 1.29 is 56.3 Å². The summed E-state index contributed by atoms with van der Waals surface area (Å²) in [5.74, 6) is -7.77. The van der Waals surface area contributed by atoms with Crippen LogP contribution in [0.15, 0.2) is 42.5 Å². The van der Waals surface area contributed by atoms with Crippen molar-refractivity contribution in [1.82, 2.24) is 0 Å². The Balaban J connectivity index is 1.46. The molecule has 2 saturated heterocycles. The smallest absolute Gasteiger partial charge is 0.334 e. The summed E-state index contributed by atoms with van der Waals surface area (Å²) in [6.45, 7) is 5.36. The van der Waals surface area contributed by atoms with Gasteiger partial charge in [0.15, 0.2) is 12.1 Å². The van der Waals surface area contributed by atoms with Crippen LogP contribution in [0.3, 0.4) is 0 Å². The van der Waals surface area contributed by atoms with E-state index >= 15 is 8.78 Å². The maximum atomic E-state index is 15.4. The van der Waals surface area contributed by atoms with Crippen LogP contribution in [-0.2, 0) is 54.1 Å². The van der Waals surface area contributed by atoms with Gasteiger partial charge in [0.1, 0.15) is 37.1 Å². The number of rotatable bonds is 10. The van der Waals surface area contributed by atoms with Crippen molar-refractivity contribution in [3.8, 4) is 0 Å². The molecule has 4 rings (SSSR count). The minimum absolute atomic E-state index is 0.146. The minimum Gasteiger partial charge on any atom is -0.463 e. The summed E-state index contributed by atoms with van der Waals surface area (Å²) >= 11 is 0. The molecule has 0 saturated carbocycles. The maximum absolute atomic E-state index is 15.4. The van der Waals surface area contributed by atoms with E-state index in [0.717, 1.165) is 25.5 Å². The average Bonchev–Trinajstić information content (AvgIpc) is 3.32. The Morgan fingerprint density at radius 3 is 2.36 bits per heavy atom. The zero-order chi connectivity index (χ0) is 28.4. The van der Waals surface area contributed by atoms with Gasteiger partial charge in [-0.05, 0) is 31.6 Å². The lowest BCUT2D eigenvalue weighted by Gasteiger charge is -2.34. The highest BCUT2D eigenvalue weighted by Gasteiger charge is 2.58. The Kier molecular flexibility index (Phi) is 8.82. The van der Waals surface area contributed by atoms with Crippen LogP contribution in [0.25, 0.3) is 0 Å².